The summed E-state index contributed by atoms with van der Waals surface area (Å²) >= 11 is 0. The molecule has 0 radical (unpaired) electrons. The van der Waals surface area contributed by atoms with Crippen LogP contribution in [0.5, 0.6) is 0 Å². The summed E-state index contributed by atoms with van der Waals surface area (Å²) in [4.78, 5) is 52.7. The Balaban J connectivity index is 5.53. The van der Waals surface area contributed by atoms with E-state index in [4.69, 9.17) is 18.9 Å². The van der Waals surface area contributed by atoms with E-state index in [1.54, 1.807) is 0 Å². The first kappa shape index (κ1) is 65.8. The minimum atomic E-state index is -1.22. The summed E-state index contributed by atoms with van der Waals surface area (Å²) < 4.78 is 23.5. The molecule has 0 aliphatic carbocycles. The van der Waals surface area contributed by atoms with Crippen LogP contribution in [0.25, 0.3) is 0 Å². The molecule has 0 bridgehead atoms. The second kappa shape index (κ2) is 52.7. The minimum absolute atomic E-state index is 0.184. The number of unbranched alkanes of at least 4 members (excludes halogenated alkanes) is 28. The molecule has 400 valence electrons. The van der Waals surface area contributed by atoms with Crippen molar-refractivity contribution in [3.63, 3.8) is 0 Å². The lowest BCUT2D eigenvalue weighted by atomic mass is 9.92. The fourth-order valence-electron chi connectivity index (χ4n) is 7.95. The van der Waals surface area contributed by atoms with Crippen molar-refractivity contribution in [3.8, 4) is 0 Å². The zero-order chi connectivity index (χ0) is 50.4. The summed E-state index contributed by atoms with van der Waals surface area (Å²) in [7, 11) is 0. The molecule has 0 rings (SSSR count). The Bertz CT molecular complexity index is 1100. The van der Waals surface area contributed by atoms with Crippen molar-refractivity contribution in [1.29, 1.82) is 0 Å². The molecule has 0 heterocycles. The maximum absolute atomic E-state index is 13.2. The van der Waals surface area contributed by atoms with Gasteiger partial charge in [0.05, 0.1) is 0 Å². The number of hydrogen-bond donors (Lipinski definition) is 0. The van der Waals surface area contributed by atoms with Gasteiger partial charge >= 0.3 is 23.9 Å². The van der Waals surface area contributed by atoms with Gasteiger partial charge in [0, 0.05) is 25.7 Å². The third kappa shape index (κ3) is 48.3. The molecule has 69 heavy (non-hydrogen) atoms. The van der Waals surface area contributed by atoms with Gasteiger partial charge in [-0.1, -0.05) is 205 Å². The third-order valence-electron chi connectivity index (χ3n) is 12.7. The number of rotatable bonds is 52. The molecule has 0 fully saturated rings. The van der Waals surface area contributed by atoms with Crippen LogP contribution in [0.1, 0.15) is 285 Å². The second-order valence-electron chi connectivity index (χ2n) is 19.8. The monoisotopic (exact) mass is 969 g/mol. The molecule has 0 unspecified atom stereocenters. The Morgan fingerprint density at radius 2 is 0.435 bits per heavy atom. The van der Waals surface area contributed by atoms with E-state index in [0.717, 1.165) is 180 Å². The van der Waals surface area contributed by atoms with Crippen molar-refractivity contribution in [1.82, 2.24) is 0 Å². The molecule has 0 spiro atoms. The van der Waals surface area contributed by atoms with Crippen molar-refractivity contribution in [2.45, 2.75) is 285 Å². The van der Waals surface area contributed by atoms with E-state index in [1.165, 1.54) is 51.4 Å². The maximum atomic E-state index is 13.2. The van der Waals surface area contributed by atoms with Gasteiger partial charge in [0.25, 0.3) is 0 Å². The molecule has 0 N–H and O–H groups in total. The van der Waals surface area contributed by atoms with E-state index in [1.807, 2.05) is 0 Å². The normalized spacial score (nSPS) is 12.0. The smallest absolute Gasteiger partial charge is 0.305 e. The van der Waals surface area contributed by atoms with Crippen LogP contribution in [0.3, 0.4) is 0 Å². The van der Waals surface area contributed by atoms with Crippen molar-refractivity contribution >= 4 is 23.9 Å². The molecule has 0 saturated carbocycles. The number of allylic oxidation sites excluding steroid dienone is 8. The first-order chi connectivity index (χ1) is 33.8. The molecular weight excluding hydrogens is 861 g/mol. The number of carbonyl (C=O) groups excluding carboxylic acids is 4. The van der Waals surface area contributed by atoms with Crippen molar-refractivity contribution < 1.29 is 38.1 Å². The molecule has 0 amide bonds. The van der Waals surface area contributed by atoms with Gasteiger partial charge in [-0.25, -0.2) is 0 Å². The standard InChI is InChI=1S/C61H108O8/c1-5-9-13-17-21-25-29-33-37-41-45-49-57(62)66-53-61(54-67-58(63)50-46-42-38-34-30-26-22-18-14-10-6-2,55-68-59(64)51-47-43-39-35-31-27-23-19-15-11-7-3)56-69-60(65)52-48-44-40-36-32-28-24-20-16-12-8-4/h17-24H,5-16,25-56H2,1-4H3/b21-17-,22-18-,23-19-,24-20-. The first-order valence-electron chi connectivity index (χ1n) is 29.0. The number of carbonyl (C=O) groups is 4. The van der Waals surface area contributed by atoms with Crippen LogP contribution in [-0.4, -0.2) is 50.3 Å². The summed E-state index contributed by atoms with van der Waals surface area (Å²) in [6.07, 6.45) is 58.2. The fraction of sp³-hybridized carbons (Fsp3) is 0.803. The predicted octanol–water partition coefficient (Wildman–Crippen LogP) is 18.1. The van der Waals surface area contributed by atoms with Gasteiger partial charge in [0.1, 0.15) is 31.8 Å². The van der Waals surface area contributed by atoms with Gasteiger partial charge in [0.15, 0.2) is 0 Å². The molecule has 0 aliphatic heterocycles. The zero-order valence-electron chi connectivity index (χ0n) is 45.5. The molecular formula is C61H108O8. The van der Waals surface area contributed by atoms with E-state index >= 15 is 0 Å². The van der Waals surface area contributed by atoms with Gasteiger partial charge in [0.2, 0.25) is 0 Å². The van der Waals surface area contributed by atoms with Crippen LogP contribution in [-0.2, 0) is 38.1 Å². The Labute approximate surface area is 425 Å². The highest BCUT2D eigenvalue weighted by Crippen LogP contribution is 2.24. The maximum Gasteiger partial charge on any atom is 0.305 e. The van der Waals surface area contributed by atoms with Crippen molar-refractivity contribution in [3.05, 3.63) is 48.6 Å². The zero-order valence-corrected chi connectivity index (χ0v) is 45.5. The topological polar surface area (TPSA) is 105 Å². The van der Waals surface area contributed by atoms with E-state index in [9.17, 15) is 19.2 Å². The van der Waals surface area contributed by atoms with E-state index < -0.39 is 5.41 Å². The second-order valence-corrected chi connectivity index (χ2v) is 19.8. The lowest BCUT2D eigenvalue weighted by Gasteiger charge is -2.31. The molecule has 0 aromatic carbocycles. The summed E-state index contributed by atoms with van der Waals surface area (Å²) in [6.45, 7) is 8.12. The van der Waals surface area contributed by atoms with Crippen LogP contribution in [0.2, 0.25) is 0 Å². The average Bonchev–Trinajstić information content (AvgIpc) is 3.35. The van der Waals surface area contributed by atoms with Gasteiger partial charge in [-0.15, -0.1) is 0 Å². The third-order valence-corrected chi connectivity index (χ3v) is 12.7. The summed E-state index contributed by atoms with van der Waals surface area (Å²) in [5, 5.41) is 0. The SMILES string of the molecule is CCCC/C=C\CCCCCCCC(=O)OCC(COC(=O)CCCCCCC/C=C\CCCC)(COC(=O)CCCCCCC/C=C\CCCC)COC(=O)CCCCCCC/C=C\CCCC. The van der Waals surface area contributed by atoms with Gasteiger partial charge < -0.3 is 18.9 Å². The molecule has 0 aliphatic rings. The van der Waals surface area contributed by atoms with Crippen LogP contribution in [0.15, 0.2) is 48.6 Å². The highest BCUT2D eigenvalue weighted by Gasteiger charge is 2.38. The highest BCUT2D eigenvalue weighted by atomic mass is 16.6. The van der Waals surface area contributed by atoms with Crippen LogP contribution in [0, 0.1) is 5.41 Å². The number of ether oxygens (including phenoxy) is 4. The number of esters is 4. The quantitative estimate of drug-likeness (QED) is 0.0257. The summed E-state index contributed by atoms with van der Waals surface area (Å²) in [5.41, 5.74) is -1.22. The predicted molar refractivity (Wildman–Crippen MR) is 290 cm³/mol. The van der Waals surface area contributed by atoms with Crippen LogP contribution in [0.4, 0.5) is 0 Å². The lowest BCUT2D eigenvalue weighted by Crippen LogP contribution is -2.44. The van der Waals surface area contributed by atoms with Crippen LogP contribution < -0.4 is 0 Å². The molecule has 0 aromatic heterocycles. The first-order valence-corrected chi connectivity index (χ1v) is 29.0. The summed E-state index contributed by atoms with van der Waals surface area (Å²) in [5.74, 6) is -1.42. The van der Waals surface area contributed by atoms with Crippen molar-refractivity contribution in [2.75, 3.05) is 26.4 Å². The minimum Gasteiger partial charge on any atom is -0.465 e. The lowest BCUT2D eigenvalue weighted by molar-refractivity contribution is -0.170. The van der Waals surface area contributed by atoms with E-state index in [0.29, 0.717) is 0 Å². The Hall–Kier alpha value is -3.16. The van der Waals surface area contributed by atoms with Crippen molar-refractivity contribution in [2.24, 2.45) is 5.41 Å². The van der Waals surface area contributed by atoms with Gasteiger partial charge in [-0.2, -0.15) is 0 Å². The van der Waals surface area contributed by atoms with Gasteiger partial charge in [-0.3, -0.25) is 19.2 Å². The Morgan fingerprint density at radius 1 is 0.261 bits per heavy atom. The molecule has 0 aromatic rings. The largest absolute Gasteiger partial charge is 0.465 e. The van der Waals surface area contributed by atoms with Crippen LogP contribution >= 0.6 is 0 Å². The Kier molecular flexibility index (Phi) is 50.2. The molecule has 8 nitrogen and oxygen atoms in total. The molecule has 8 heteroatoms. The van der Waals surface area contributed by atoms with Gasteiger partial charge in [-0.05, 0) is 103 Å². The molecule has 0 saturated heterocycles. The number of hydrogen-bond acceptors (Lipinski definition) is 8. The van der Waals surface area contributed by atoms with E-state index in [-0.39, 0.29) is 76.0 Å². The highest BCUT2D eigenvalue weighted by molar-refractivity contribution is 5.71. The van der Waals surface area contributed by atoms with E-state index in [2.05, 4.69) is 76.3 Å². The fourth-order valence-corrected chi connectivity index (χ4v) is 7.95. The Morgan fingerprint density at radius 3 is 0.638 bits per heavy atom. The molecule has 0 atom stereocenters. The average molecular weight is 970 g/mol. The summed E-state index contributed by atoms with van der Waals surface area (Å²) in [6, 6.07) is 0.